The Balaban J connectivity index is 2.12. The number of nitrogens with zero attached hydrogens (tertiary/aromatic N) is 2. The second-order valence-electron chi connectivity index (χ2n) is 5.33. The quantitative estimate of drug-likeness (QED) is 0.638. The van der Waals surface area contributed by atoms with Crippen molar-refractivity contribution in [3.05, 3.63) is 69.7 Å². The third-order valence-corrected chi connectivity index (χ3v) is 4.15. The Hall–Kier alpha value is -2.94. The van der Waals surface area contributed by atoms with Crippen molar-refractivity contribution in [2.45, 2.75) is 12.3 Å². The first-order valence-corrected chi connectivity index (χ1v) is 6.77. The minimum Gasteiger partial charge on any atom is -0.469 e. The average Bonchev–Trinajstić information content (AvgIpc) is 3.12. The van der Waals surface area contributed by atoms with Crippen LogP contribution in [-0.4, -0.2) is 17.3 Å². The summed E-state index contributed by atoms with van der Waals surface area (Å²) in [5.41, 5.74) is -0.285. The van der Waals surface area contributed by atoms with Crippen molar-refractivity contribution in [3.63, 3.8) is 0 Å². The van der Waals surface area contributed by atoms with Gasteiger partial charge in [0.05, 0.1) is 12.3 Å². The Labute approximate surface area is 126 Å². The first-order valence-electron chi connectivity index (χ1n) is 6.77. The van der Waals surface area contributed by atoms with Gasteiger partial charge in [-0.25, -0.2) is 0 Å². The Morgan fingerprint density at radius 3 is 2.73 bits per heavy atom. The number of furan rings is 1. The second-order valence-corrected chi connectivity index (χ2v) is 5.33. The van der Waals surface area contributed by atoms with Crippen LogP contribution in [-0.2, 0) is 6.42 Å². The molecule has 110 valence electrons. The third kappa shape index (κ3) is 1.99. The van der Waals surface area contributed by atoms with Gasteiger partial charge in [-0.3, -0.25) is 14.9 Å². The largest absolute Gasteiger partial charge is 0.469 e. The molecule has 22 heavy (non-hydrogen) atoms. The number of hydrogen-bond acceptors (Lipinski definition) is 5. The van der Waals surface area contributed by atoms with Crippen molar-refractivity contribution in [2.75, 3.05) is 6.54 Å². The van der Waals surface area contributed by atoms with Gasteiger partial charge in [-0.15, -0.1) is 0 Å². The molecule has 0 aliphatic heterocycles. The Morgan fingerprint density at radius 1 is 1.36 bits per heavy atom. The van der Waals surface area contributed by atoms with Crippen LogP contribution in [0.2, 0.25) is 0 Å². The van der Waals surface area contributed by atoms with Gasteiger partial charge in [0.15, 0.2) is 5.78 Å². The molecule has 6 nitrogen and oxygen atoms in total. The predicted molar refractivity (Wildman–Crippen MR) is 75.8 cm³/mol. The van der Waals surface area contributed by atoms with E-state index in [0.29, 0.717) is 11.3 Å². The molecule has 0 fully saturated rings. The van der Waals surface area contributed by atoms with Crippen LogP contribution in [0.15, 0.2) is 47.1 Å². The monoisotopic (exact) mass is 296 g/mol. The van der Waals surface area contributed by atoms with Gasteiger partial charge < -0.3 is 4.42 Å². The minimum absolute atomic E-state index is 0.164. The van der Waals surface area contributed by atoms with E-state index in [2.05, 4.69) is 6.07 Å². The van der Waals surface area contributed by atoms with E-state index in [1.807, 2.05) is 0 Å². The van der Waals surface area contributed by atoms with Crippen molar-refractivity contribution in [1.29, 1.82) is 5.26 Å². The van der Waals surface area contributed by atoms with Crippen LogP contribution in [0, 0.1) is 26.9 Å². The van der Waals surface area contributed by atoms with Gasteiger partial charge in [-0.2, -0.15) is 5.26 Å². The highest BCUT2D eigenvalue weighted by molar-refractivity contribution is 6.07. The first-order chi connectivity index (χ1) is 10.6. The predicted octanol–water partition coefficient (Wildman–Crippen LogP) is 2.59. The summed E-state index contributed by atoms with van der Waals surface area (Å²) in [5, 5.41) is 20.7. The lowest BCUT2D eigenvalue weighted by atomic mass is 9.72. The van der Waals surface area contributed by atoms with Gasteiger partial charge in [0, 0.05) is 16.9 Å². The Morgan fingerprint density at radius 2 is 2.14 bits per heavy atom. The fourth-order valence-electron chi connectivity index (χ4n) is 3.09. The fraction of sp³-hybridized carbons (Fsp3) is 0.250. The zero-order valence-corrected chi connectivity index (χ0v) is 11.6. The summed E-state index contributed by atoms with van der Waals surface area (Å²) >= 11 is 0. The number of carbonyl (C=O) groups is 1. The van der Waals surface area contributed by atoms with Crippen LogP contribution in [0.1, 0.15) is 27.6 Å². The normalized spacial score (nSPS) is 21.1. The van der Waals surface area contributed by atoms with Gasteiger partial charge in [0.25, 0.3) is 0 Å². The summed E-state index contributed by atoms with van der Waals surface area (Å²) < 4.78 is 5.28. The summed E-state index contributed by atoms with van der Waals surface area (Å²) in [6.45, 7) is -0.527. The van der Waals surface area contributed by atoms with Crippen LogP contribution in [0.3, 0.4) is 0 Å². The van der Waals surface area contributed by atoms with Crippen LogP contribution < -0.4 is 0 Å². The van der Waals surface area contributed by atoms with Crippen LogP contribution in [0.25, 0.3) is 0 Å². The van der Waals surface area contributed by atoms with Gasteiger partial charge in [-0.1, -0.05) is 24.3 Å². The number of rotatable bonds is 4. The molecule has 0 saturated carbocycles. The standard InChI is InChI=1S/C16H12N2O4/c17-10-16(8-11-4-1-2-5-12(11)15(16)19)13(9-18(20)21)14-6-3-7-22-14/h1-7,13H,8-9H2/t13-,16-/m0/s1. The Bertz CT molecular complexity index is 776. The molecule has 1 aliphatic carbocycles. The molecule has 1 aliphatic rings. The van der Waals surface area contributed by atoms with E-state index in [0.717, 1.165) is 5.56 Å². The summed E-state index contributed by atoms with van der Waals surface area (Å²) in [6, 6.07) is 12.2. The maximum atomic E-state index is 12.8. The fourth-order valence-corrected chi connectivity index (χ4v) is 3.09. The number of nitro groups is 1. The van der Waals surface area contributed by atoms with Crippen molar-refractivity contribution in [1.82, 2.24) is 0 Å². The second kappa shape index (κ2) is 5.11. The topological polar surface area (TPSA) is 97.1 Å². The van der Waals surface area contributed by atoms with Gasteiger partial charge in [-0.05, 0) is 17.7 Å². The first kappa shape index (κ1) is 14.0. The van der Waals surface area contributed by atoms with Crippen molar-refractivity contribution >= 4 is 5.78 Å². The zero-order chi connectivity index (χ0) is 15.7. The SMILES string of the molecule is N#C[C@]1([C@@H](C[N+](=O)[O-])c2ccco2)Cc2ccccc2C1=O. The van der Waals surface area contributed by atoms with E-state index in [1.165, 1.54) is 6.26 Å². The summed E-state index contributed by atoms with van der Waals surface area (Å²) in [4.78, 5) is 23.3. The molecule has 1 aromatic carbocycles. The molecule has 0 N–H and O–H groups in total. The molecule has 0 spiro atoms. The number of hydrogen-bond donors (Lipinski definition) is 0. The number of ketones is 1. The number of nitriles is 1. The highest BCUT2D eigenvalue weighted by Gasteiger charge is 2.55. The Kier molecular flexibility index (Phi) is 3.26. The number of Topliss-reactive ketones (excluding diaryl/α,β-unsaturated/α-hetero) is 1. The molecule has 0 radical (unpaired) electrons. The lowest BCUT2D eigenvalue weighted by Crippen LogP contribution is -2.37. The van der Waals surface area contributed by atoms with Gasteiger partial charge in [0.2, 0.25) is 6.54 Å². The molecule has 0 amide bonds. The lowest BCUT2D eigenvalue weighted by Gasteiger charge is -2.25. The molecular weight excluding hydrogens is 284 g/mol. The van der Waals surface area contributed by atoms with E-state index >= 15 is 0 Å². The smallest absolute Gasteiger partial charge is 0.215 e. The summed E-state index contributed by atoms with van der Waals surface area (Å²) in [7, 11) is 0. The van der Waals surface area contributed by atoms with Crippen molar-refractivity contribution < 1.29 is 14.1 Å². The maximum absolute atomic E-state index is 12.8. The summed E-state index contributed by atoms with van der Waals surface area (Å²) in [5.74, 6) is -0.990. The third-order valence-electron chi connectivity index (χ3n) is 4.15. The summed E-state index contributed by atoms with van der Waals surface area (Å²) in [6.07, 6.45) is 1.55. The molecule has 0 bridgehead atoms. The van der Waals surface area contributed by atoms with E-state index < -0.39 is 22.8 Å². The molecule has 1 aromatic heterocycles. The van der Waals surface area contributed by atoms with Crippen molar-refractivity contribution in [3.8, 4) is 6.07 Å². The van der Waals surface area contributed by atoms with E-state index in [9.17, 15) is 20.2 Å². The molecule has 0 saturated heterocycles. The highest BCUT2D eigenvalue weighted by atomic mass is 16.6. The molecule has 0 unspecified atom stereocenters. The minimum atomic E-state index is -1.49. The molecule has 6 heteroatoms. The van der Waals surface area contributed by atoms with Crippen LogP contribution in [0.4, 0.5) is 0 Å². The molecule has 1 heterocycles. The van der Waals surface area contributed by atoms with E-state index in [4.69, 9.17) is 4.42 Å². The zero-order valence-electron chi connectivity index (χ0n) is 11.6. The average molecular weight is 296 g/mol. The number of fused-ring (bicyclic) bond motifs is 1. The molecule has 2 atom stereocenters. The van der Waals surface area contributed by atoms with Gasteiger partial charge >= 0.3 is 0 Å². The molecule has 3 rings (SSSR count). The maximum Gasteiger partial charge on any atom is 0.215 e. The highest BCUT2D eigenvalue weighted by Crippen LogP contribution is 2.46. The molecular formula is C16H12N2O4. The van der Waals surface area contributed by atoms with Gasteiger partial charge in [0.1, 0.15) is 17.1 Å². The number of benzene rings is 1. The van der Waals surface area contributed by atoms with Crippen molar-refractivity contribution in [2.24, 2.45) is 5.41 Å². The molecule has 2 aromatic rings. The van der Waals surface area contributed by atoms with Crippen LogP contribution in [0.5, 0.6) is 0 Å². The van der Waals surface area contributed by atoms with Crippen LogP contribution >= 0.6 is 0 Å². The van der Waals surface area contributed by atoms with E-state index in [1.54, 1.807) is 36.4 Å². The lowest BCUT2D eigenvalue weighted by molar-refractivity contribution is -0.485. The number of carbonyl (C=O) groups excluding carboxylic acids is 1. The van der Waals surface area contributed by atoms with E-state index in [-0.39, 0.29) is 12.2 Å².